The molecule has 0 aliphatic carbocycles. The van der Waals surface area contributed by atoms with Crippen LogP contribution in [0.5, 0.6) is 0 Å². The van der Waals surface area contributed by atoms with Crippen molar-refractivity contribution in [2.45, 2.75) is 0 Å². The van der Waals surface area contributed by atoms with Crippen LogP contribution in [0.1, 0.15) is 20.8 Å². The lowest BCUT2D eigenvalue weighted by Crippen LogP contribution is -2.20. The zero-order valence-electron chi connectivity index (χ0n) is 10.1. The van der Waals surface area contributed by atoms with Crippen molar-refractivity contribution in [3.8, 4) is 0 Å². The van der Waals surface area contributed by atoms with Crippen LogP contribution in [-0.4, -0.2) is 21.6 Å². The topological polar surface area (TPSA) is 90.0 Å². The van der Waals surface area contributed by atoms with Crippen molar-refractivity contribution in [3.05, 3.63) is 46.7 Å². The molecule has 98 valence electrons. The third-order valence-corrected chi connectivity index (χ3v) is 2.83. The van der Waals surface area contributed by atoms with Crippen LogP contribution in [0.25, 0.3) is 0 Å². The Morgan fingerprint density at radius 2 is 2.05 bits per heavy atom. The Morgan fingerprint density at radius 3 is 2.63 bits per heavy atom. The minimum atomic E-state index is -0.619. The zero-order chi connectivity index (χ0) is 14.0. The van der Waals surface area contributed by atoms with Crippen molar-refractivity contribution in [2.75, 3.05) is 5.32 Å². The number of para-hydroxylation sites is 1. The maximum Gasteiger partial charge on any atom is 0.275 e. The van der Waals surface area contributed by atoms with Crippen molar-refractivity contribution < 1.29 is 9.59 Å². The highest BCUT2D eigenvalue weighted by Crippen LogP contribution is 2.19. The summed E-state index contributed by atoms with van der Waals surface area (Å²) in [5.41, 5.74) is 6.01. The van der Waals surface area contributed by atoms with E-state index in [2.05, 4.69) is 10.4 Å². The molecular weight excluding hydrogens is 268 g/mol. The molecule has 0 spiro atoms. The number of benzene rings is 1. The molecule has 2 rings (SSSR count). The Labute approximate surface area is 114 Å². The molecule has 6 nitrogen and oxygen atoms in total. The van der Waals surface area contributed by atoms with Crippen LogP contribution in [-0.2, 0) is 7.05 Å². The van der Waals surface area contributed by atoms with Gasteiger partial charge >= 0.3 is 0 Å². The number of amides is 2. The number of anilines is 1. The van der Waals surface area contributed by atoms with E-state index in [0.29, 0.717) is 5.69 Å². The van der Waals surface area contributed by atoms with Gasteiger partial charge in [0.05, 0.1) is 22.5 Å². The van der Waals surface area contributed by atoms with Gasteiger partial charge in [0.25, 0.3) is 11.8 Å². The number of carbonyl (C=O) groups is 2. The van der Waals surface area contributed by atoms with E-state index in [-0.39, 0.29) is 16.3 Å². The van der Waals surface area contributed by atoms with E-state index >= 15 is 0 Å². The lowest BCUT2D eigenvalue weighted by Gasteiger charge is -2.09. The van der Waals surface area contributed by atoms with Crippen LogP contribution in [0.4, 0.5) is 5.69 Å². The number of nitrogens with zero attached hydrogens (tertiary/aromatic N) is 2. The van der Waals surface area contributed by atoms with Crippen LogP contribution in [0, 0.1) is 0 Å². The predicted octanol–water partition coefficient (Wildman–Crippen LogP) is 1.42. The molecule has 0 atom stereocenters. The maximum atomic E-state index is 12.1. The second kappa shape index (κ2) is 5.11. The highest BCUT2D eigenvalue weighted by atomic mass is 35.5. The quantitative estimate of drug-likeness (QED) is 0.890. The molecule has 0 aliphatic heterocycles. The summed E-state index contributed by atoms with van der Waals surface area (Å²) in [5.74, 6) is -1.08. The van der Waals surface area contributed by atoms with Crippen molar-refractivity contribution in [1.82, 2.24) is 9.78 Å². The molecule has 1 aromatic heterocycles. The standard InChI is InChI=1S/C12H11ClN4O2/c1-17-10(8(13)6-15-17)12(19)16-9-5-3-2-4-7(9)11(14)18/h2-6H,1H3,(H2,14,18)(H,16,19). The molecule has 19 heavy (non-hydrogen) atoms. The Balaban J connectivity index is 2.32. The van der Waals surface area contributed by atoms with Gasteiger partial charge in [-0.1, -0.05) is 23.7 Å². The molecule has 7 heteroatoms. The van der Waals surface area contributed by atoms with Crippen molar-refractivity contribution in [1.29, 1.82) is 0 Å². The number of carbonyl (C=O) groups excluding carboxylic acids is 2. The molecule has 0 radical (unpaired) electrons. The Hall–Kier alpha value is -2.34. The van der Waals surface area contributed by atoms with Crippen molar-refractivity contribution in [2.24, 2.45) is 12.8 Å². The Bertz CT molecular complexity index is 631. The van der Waals surface area contributed by atoms with Gasteiger partial charge in [-0.2, -0.15) is 5.10 Å². The van der Waals surface area contributed by atoms with Crippen LogP contribution in [0.15, 0.2) is 30.5 Å². The number of halogens is 1. The largest absolute Gasteiger partial charge is 0.366 e. The molecule has 0 saturated heterocycles. The molecule has 2 amide bonds. The molecule has 0 aliphatic rings. The monoisotopic (exact) mass is 278 g/mol. The summed E-state index contributed by atoms with van der Waals surface area (Å²) in [7, 11) is 1.60. The molecular formula is C12H11ClN4O2. The highest BCUT2D eigenvalue weighted by molar-refractivity contribution is 6.34. The van der Waals surface area contributed by atoms with Crippen LogP contribution in [0.2, 0.25) is 5.02 Å². The fourth-order valence-electron chi connectivity index (χ4n) is 1.65. The molecule has 0 bridgehead atoms. The average molecular weight is 279 g/mol. The molecule has 1 aromatic carbocycles. The van der Waals surface area contributed by atoms with E-state index in [4.69, 9.17) is 17.3 Å². The molecule has 1 heterocycles. The number of aromatic nitrogens is 2. The fraction of sp³-hybridized carbons (Fsp3) is 0.0833. The first kappa shape index (κ1) is 13.1. The first-order valence-electron chi connectivity index (χ1n) is 5.38. The van der Waals surface area contributed by atoms with Crippen molar-refractivity contribution >= 4 is 29.1 Å². The normalized spacial score (nSPS) is 10.2. The summed E-state index contributed by atoms with van der Waals surface area (Å²) in [6.07, 6.45) is 1.37. The lowest BCUT2D eigenvalue weighted by molar-refractivity contribution is 0.100. The average Bonchev–Trinajstić information content (AvgIpc) is 2.69. The van der Waals surface area contributed by atoms with Gasteiger partial charge in [0, 0.05) is 7.05 Å². The van der Waals surface area contributed by atoms with Crippen LogP contribution >= 0.6 is 11.6 Å². The highest BCUT2D eigenvalue weighted by Gasteiger charge is 2.17. The predicted molar refractivity (Wildman–Crippen MR) is 71.1 cm³/mol. The fourth-order valence-corrected chi connectivity index (χ4v) is 1.91. The van der Waals surface area contributed by atoms with Gasteiger partial charge in [0.2, 0.25) is 0 Å². The lowest BCUT2D eigenvalue weighted by atomic mass is 10.1. The Morgan fingerprint density at radius 1 is 1.37 bits per heavy atom. The summed E-state index contributed by atoms with van der Waals surface area (Å²) in [5, 5.41) is 6.69. The van der Waals surface area contributed by atoms with E-state index in [1.54, 1.807) is 25.2 Å². The maximum absolute atomic E-state index is 12.1. The van der Waals surface area contributed by atoms with Gasteiger partial charge in [0.1, 0.15) is 5.69 Å². The smallest absolute Gasteiger partial charge is 0.275 e. The number of primary amides is 1. The van der Waals surface area contributed by atoms with Gasteiger partial charge in [-0.15, -0.1) is 0 Å². The van der Waals surface area contributed by atoms with E-state index in [1.807, 2.05) is 0 Å². The summed E-state index contributed by atoms with van der Waals surface area (Å²) in [6.45, 7) is 0. The third kappa shape index (κ3) is 2.58. The first-order chi connectivity index (χ1) is 9.00. The van der Waals surface area contributed by atoms with Gasteiger partial charge in [-0.3, -0.25) is 14.3 Å². The van der Waals surface area contributed by atoms with E-state index in [9.17, 15) is 9.59 Å². The first-order valence-corrected chi connectivity index (χ1v) is 5.76. The third-order valence-electron chi connectivity index (χ3n) is 2.55. The van der Waals surface area contributed by atoms with Gasteiger partial charge in [-0.25, -0.2) is 0 Å². The van der Waals surface area contributed by atoms with E-state index in [0.717, 1.165) is 0 Å². The second-order valence-corrected chi connectivity index (χ2v) is 4.24. The molecule has 0 unspecified atom stereocenters. The van der Waals surface area contributed by atoms with Gasteiger partial charge in [-0.05, 0) is 12.1 Å². The zero-order valence-corrected chi connectivity index (χ0v) is 10.8. The summed E-state index contributed by atoms with van der Waals surface area (Å²) in [4.78, 5) is 23.3. The van der Waals surface area contributed by atoms with Crippen molar-refractivity contribution in [3.63, 3.8) is 0 Å². The number of nitrogens with two attached hydrogens (primary N) is 1. The van der Waals surface area contributed by atoms with Gasteiger partial charge < -0.3 is 11.1 Å². The Kier molecular flexibility index (Phi) is 3.52. The molecule has 3 N–H and O–H groups in total. The number of nitrogens with one attached hydrogen (secondary N) is 1. The number of hydrogen-bond donors (Lipinski definition) is 2. The summed E-state index contributed by atoms with van der Waals surface area (Å²) >= 11 is 5.87. The molecule has 0 fully saturated rings. The minimum Gasteiger partial charge on any atom is -0.366 e. The SMILES string of the molecule is Cn1ncc(Cl)c1C(=O)Nc1ccccc1C(N)=O. The van der Waals surface area contributed by atoms with Gasteiger partial charge in [0.15, 0.2) is 0 Å². The summed E-state index contributed by atoms with van der Waals surface area (Å²) in [6, 6.07) is 6.46. The van der Waals surface area contributed by atoms with E-state index in [1.165, 1.54) is 16.9 Å². The van der Waals surface area contributed by atoms with Crippen LogP contribution in [0.3, 0.4) is 0 Å². The molecule has 0 saturated carbocycles. The second-order valence-electron chi connectivity index (χ2n) is 3.83. The number of rotatable bonds is 3. The molecule has 2 aromatic rings. The van der Waals surface area contributed by atoms with E-state index < -0.39 is 11.8 Å². The summed E-state index contributed by atoms with van der Waals surface area (Å²) < 4.78 is 1.35. The van der Waals surface area contributed by atoms with Crippen LogP contribution < -0.4 is 11.1 Å². The number of aryl methyl sites for hydroxylation is 1. The number of hydrogen-bond acceptors (Lipinski definition) is 3. The minimum absolute atomic E-state index is 0.209.